The number of hydrogen-bond acceptors (Lipinski definition) is 2. The lowest BCUT2D eigenvalue weighted by Gasteiger charge is -2.22. The Hall–Kier alpha value is -0.540. The van der Waals surface area contributed by atoms with Crippen molar-refractivity contribution in [3.05, 3.63) is 28.2 Å². The van der Waals surface area contributed by atoms with Gasteiger partial charge in [0.05, 0.1) is 7.11 Å². The van der Waals surface area contributed by atoms with Crippen molar-refractivity contribution in [3.8, 4) is 5.75 Å². The maximum atomic E-state index is 5.45. The van der Waals surface area contributed by atoms with Crippen LogP contribution in [-0.4, -0.2) is 13.7 Å². The van der Waals surface area contributed by atoms with Gasteiger partial charge in [-0.3, -0.25) is 0 Å². The highest BCUT2D eigenvalue weighted by atomic mass is 79.9. The first-order valence-corrected chi connectivity index (χ1v) is 6.94. The maximum absolute atomic E-state index is 5.45. The lowest BCUT2D eigenvalue weighted by atomic mass is 9.96. The van der Waals surface area contributed by atoms with E-state index in [1.807, 2.05) is 12.1 Å². The van der Waals surface area contributed by atoms with Crippen molar-refractivity contribution in [2.75, 3.05) is 13.7 Å². The molecule has 2 nitrogen and oxygen atoms in total. The molecule has 0 bridgehead atoms. The molecular weight excluding hydrogens is 278 g/mol. The Balaban J connectivity index is 3.02. The van der Waals surface area contributed by atoms with Gasteiger partial charge in [-0.05, 0) is 37.1 Å². The quantitative estimate of drug-likeness (QED) is 0.852. The van der Waals surface area contributed by atoms with Crippen LogP contribution in [0.1, 0.15) is 38.8 Å². The summed E-state index contributed by atoms with van der Waals surface area (Å²) < 4.78 is 6.55. The van der Waals surface area contributed by atoms with Gasteiger partial charge in [-0.15, -0.1) is 0 Å². The Morgan fingerprint density at radius 3 is 2.59 bits per heavy atom. The zero-order valence-corrected chi connectivity index (χ0v) is 12.7. The van der Waals surface area contributed by atoms with Crippen LogP contribution in [0.25, 0.3) is 0 Å². The normalized spacial score (nSPS) is 12.8. The number of nitrogens with one attached hydrogen (secondary N) is 1. The molecule has 1 rings (SSSR count). The van der Waals surface area contributed by atoms with E-state index in [4.69, 9.17) is 4.74 Å². The van der Waals surface area contributed by atoms with Gasteiger partial charge < -0.3 is 10.1 Å². The van der Waals surface area contributed by atoms with Crippen molar-refractivity contribution >= 4 is 15.9 Å². The molecule has 0 saturated carbocycles. The average molecular weight is 300 g/mol. The summed E-state index contributed by atoms with van der Waals surface area (Å²) in [5.41, 5.74) is 1.23. The molecule has 0 heterocycles. The zero-order chi connectivity index (χ0) is 12.8. The Kier molecular flexibility index (Phi) is 6.00. The van der Waals surface area contributed by atoms with Crippen molar-refractivity contribution in [2.45, 2.75) is 33.2 Å². The van der Waals surface area contributed by atoms with E-state index in [0.717, 1.165) is 23.2 Å². The Bertz CT molecular complexity index is 352. The van der Waals surface area contributed by atoms with Crippen LogP contribution in [0.2, 0.25) is 0 Å². The monoisotopic (exact) mass is 299 g/mol. The Labute approximate surface area is 113 Å². The van der Waals surface area contributed by atoms with Gasteiger partial charge in [-0.1, -0.05) is 36.7 Å². The first-order chi connectivity index (χ1) is 8.08. The number of halogens is 1. The second-order valence-corrected chi connectivity index (χ2v) is 5.54. The highest BCUT2D eigenvalue weighted by molar-refractivity contribution is 9.10. The molecule has 1 aromatic rings. The zero-order valence-electron chi connectivity index (χ0n) is 11.1. The van der Waals surface area contributed by atoms with E-state index in [0.29, 0.717) is 12.0 Å². The van der Waals surface area contributed by atoms with Gasteiger partial charge in [-0.2, -0.15) is 0 Å². The predicted octanol–water partition coefficient (Wildman–Crippen LogP) is 4.15. The minimum Gasteiger partial charge on any atom is -0.496 e. The van der Waals surface area contributed by atoms with E-state index in [1.165, 1.54) is 5.56 Å². The van der Waals surface area contributed by atoms with Gasteiger partial charge in [-0.25, -0.2) is 0 Å². The van der Waals surface area contributed by atoms with E-state index >= 15 is 0 Å². The molecule has 0 aliphatic carbocycles. The van der Waals surface area contributed by atoms with E-state index in [9.17, 15) is 0 Å². The summed E-state index contributed by atoms with van der Waals surface area (Å²) >= 11 is 3.53. The number of rotatable bonds is 6. The van der Waals surface area contributed by atoms with E-state index in [2.05, 4.69) is 48.1 Å². The van der Waals surface area contributed by atoms with E-state index in [1.54, 1.807) is 7.11 Å². The SMILES string of the molecule is CCNC(CC(C)C)c1cc(Br)ccc1OC. The molecule has 0 radical (unpaired) electrons. The van der Waals surface area contributed by atoms with Gasteiger partial charge in [0.2, 0.25) is 0 Å². The molecule has 3 heteroatoms. The highest BCUT2D eigenvalue weighted by Crippen LogP contribution is 2.31. The third kappa shape index (κ3) is 4.32. The molecule has 0 fully saturated rings. The fourth-order valence-electron chi connectivity index (χ4n) is 2.02. The summed E-state index contributed by atoms with van der Waals surface area (Å²) in [6, 6.07) is 6.53. The Morgan fingerprint density at radius 1 is 1.35 bits per heavy atom. The molecule has 0 aliphatic rings. The van der Waals surface area contributed by atoms with Crippen LogP contribution in [-0.2, 0) is 0 Å². The smallest absolute Gasteiger partial charge is 0.123 e. The predicted molar refractivity (Wildman–Crippen MR) is 76.6 cm³/mol. The van der Waals surface area contributed by atoms with Crippen LogP contribution in [0.4, 0.5) is 0 Å². The minimum absolute atomic E-state index is 0.354. The molecule has 96 valence electrons. The Morgan fingerprint density at radius 2 is 2.06 bits per heavy atom. The van der Waals surface area contributed by atoms with Gasteiger partial charge in [0.15, 0.2) is 0 Å². The van der Waals surface area contributed by atoms with Crippen LogP contribution in [0, 0.1) is 5.92 Å². The lowest BCUT2D eigenvalue weighted by molar-refractivity contribution is 0.383. The molecule has 17 heavy (non-hydrogen) atoms. The number of methoxy groups -OCH3 is 1. The van der Waals surface area contributed by atoms with Crippen LogP contribution >= 0.6 is 15.9 Å². The maximum Gasteiger partial charge on any atom is 0.123 e. The van der Waals surface area contributed by atoms with Gasteiger partial charge in [0, 0.05) is 16.1 Å². The summed E-state index contributed by atoms with van der Waals surface area (Å²) in [6.45, 7) is 7.59. The molecule has 0 spiro atoms. The highest BCUT2D eigenvalue weighted by Gasteiger charge is 2.16. The number of ether oxygens (including phenoxy) is 1. The summed E-state index contributed by atoms with van der Waals surface area (Å²) in [5, 5.41) is 3.53. The molecule has 0 aliphatic heterocycles. The first-order valence-electron chi connectivity index (χ1n) is 6.15. The molecule has 1 unspecified atom stereocenters. The van der Waals surface area contributed by atoms with Crippen molar-refractivity contribution in [3.63, 3.8) is 0 Å². The largest absolute Gasteiger partial charge is 0.496 e. The molecule has 0 amide bonds. The molecule has 0 saturated heterocycles. The second kappa shape index (κ2) is 7.02. The lowest BCUT2D eigenvalue weighted by Crippen LogP contribution is -2.23. The summed E-state index contributed by atoms with van der Waals surface area (Å²) in [7, 11) is 1.73. The van der Waals surface area contributed by atoms with Crippen molar-refractivity contribution in [1.29, 1.82) is 0 Å². The standard InChI is InChI=1S/C14H22BrNO/c1-5-16-13(8-10(2)3)12-9-11(15)6-7-14(12)17-4/h6-7,9-10,13,16H,5,8H2,1-4H3. The first kappa shape index (κ1) is 14.5. The summed E-state index contributed by atoms with van der Waals surface area (Å²) in [5.74, 6) is 1.61. The summed E-state index contributed by atoms with van der Waals surface area (Å²) in [6.07, 6.45) is 1.11. The summed E-state index contributed by atoms with van der Waals surface area (Å²) in [4.78, 5) is 0. The number of hydrogen-bond donors (Lipinski definition) is 1. The van der Waals surface area contributed by atoms with Gasteiger partial charge >= 0.3 is 0 Å². The van der Waals surface area contributed by atoms with E-state index in [-0.39, 0.29) is 0 Å². The van der Waals surface area contributed by atoms with Crippen LogP contribution in [0.5, 0.6) is 5.75 Å². The topological polar surface area (TPSA) is 21.3 Å². The van der Waals surface area contributed by atoms with Gasteiger partial charge in [0.1, 0.15) is 5.75 Å². The van der Waals surface area contributed by atoms with Gasteiger partial charge in [0.25, 0.3) is 0 Å². The third-order valence-electron chi connectivity index (χ3n) is 2.72. The molecular formula is C14H22BrNO. The average Bonchev–Trinajstić information content (AvgIpc) is 2.28. The molecule has 1 atom stereocenters. The van der Waals surface area contributed by atoms with Crippen LogP contribution < -0.4 is 10.1 Å². The molecule has 0 aromatic heterocycles. The fraction of sp³-hybridized carbons (Fsp3) is 0.571. The third-order valence-corrected chi connectivity index (χ3v) is 3.22. The van der Waals surface area contributed by atoms with Crippen molar-refractivity contribution < 1.29 is 4.74 Å². The second-order valence-electron chi connectivity index (χ2n) is 4.63. The van der Waals surface area contributed by atoms with Crippen molar-refractivity contribution in [2.24, 2.45) is 5.92 Å². The number of benzene rings is 1. The van der Waals surface area contributed by atoms with E-state index < -0.39 is 0 Å². The fourth-order valence-corrected chi connectivity index (χ4v) is 2.39. The van der Waals surface area contributed by atoms with Crippen LogP contribution in [0.3, 0.4) is 0 Å². The van der Waals surface area contributed by atoms with Crippen LogP contribution in [0.15, 0.2) is 22.7 Å². The molecule has 1 N–H and O–H groups in total. The minimum atomic E-state index is 0.354. The van der Waals surface area contributed by atoms with Crippen molar-refractivity contribution in [1.82, 2.24) is 5.32 Å². The molecule has 1 aromatic carbocycles.